The third-order valence-electron chi connectivity index (χ3n) is 7.76. The number of ether oxygens (including phenoxy) is 1. The van der Waals surface area contributed by atoms with Crippen molar-refractivity contribution in [1.82, 2.24) is 4.90 Å². The lowest BCUT2D eigenvalue weighted by Gasteiger charge is -2.27. The Labute approximate surface area is 198 Å². The van der Waals surface area contributed by atoms with Crippen LogP contribution in [0.25, 0.3) is 0 Å². The zero-order chi connectivity index (χ0) is 23.0. The number of likely N-dealkylation sites (tertiary alicyclic amines) is 1. The highest BCUT2D eigenvalue weighted by molar-refractivity contribution is 6.04. The summed E-state index contributed by atoms with van der Waals surface area (Å²) >= 11 is 0. The Bertz CT molecular complexity index is 999. The van der Waals surface area contributed by atoms with E-state index in [2.05, 4.69) is 54.1 Å². The standard InChI is InChI=1S/C28H37N3O2/c1-20(2)30-14-12-28(18-30)13-15-31(19-28)24-8-11-26(21(3)16-24)29-27(32)23-6-9-25(10-7-23)33-17-22-4-5-22/h6-11,16,20,22H,4-5,12-15,17-19H2,1-3H3,(H,29,32). The van der Waals surface area contributed by atoms with Gasteiger partial charge in [0, 0.05) is 48.0 Å². The Morgan fingerprint density at radius 1 is 1.09 bits per heavy atom. The van der Waals surface area contributed by atoms with E-state index < -0.39 is 0 Å². The minimum absolute atomic E-state index is 0.0838. The number of anilines is 2. The molecule has 0 aromatic heterocycles. The predicted octanol–water partition coefficient (Wildman–Crippen LogP) is 5.35. The largest absolute Gasteiger partial charge is 0.493 e. The van der Waals surface area contributed by atoms with Gasteiger partial charge in [0.15, 0.2) is 0 Å². The number of nitrogens with one attached hydrogen (secondary N) is 1. The fourth-order valence-electron chi connectivity index (χ4n) is 5.28. The van der Waals surface area contributed by atoms with E-state index in [1.165, 1.54) is 44.5 Å². The van der Waals surface area contributed by atoms with Crippen LogP contribution in [0.5, 0.6) is 5.75 Å². The van der Waals surface area contributed by atoms with Gasteiger partial charge in [0.25, 0.3) is 5.91 Å². The summed E-state index contributed by atoms with van der Waals surface area (Å²) in [4.78, 5) is 17.9. The van der Waals surface area contributed by atoms with Gasteiger partial charge in [0.1, 0.15) is 5.75 Å². The first-order valence-corrected chi connectivity index (χ1v) is 12.5. The van der Waals surface area contributed by atoms with Crippen molar-refractivity contribution in [2.75, 3.05) is 43.0 Å². The van der Waals surface area contributed by atoms with E-state index in [1.807, 2.05) is 24.3 Å². The van der Waals surface area contributed by atoms with Crippen LogP contribution in [0.3, 0.4) is 0 Å². The highest BCUT2D eigenvalue weighted by Crippen LogP contribution is 2.42. The number of rotatable bonds is 7. The fraction of sp³-hybridized carbons (Fsp3) is 0.536. The topological polar surface area (TPSA) is 44.8 Å². The Morgan fingerprint density at radius 3 is 2.52 bits per heavy atom. The summed E-state index contributed by atoms with van der Waals surface area (Å²) < 4.78 is 5.78. The average molecular weight is 448 g/mol. The minimum atomic E-state index is -0.0838. The maximum atomic E-state index is 12.8. The van der Waals surface area contributed by atoms with E-state index in [1.54, 1.807) is 0 Å². The summed E-state index contributed by atoms with van der Waals surface area (Å²) in [6.45, 7) is 12.2. The second-order valence-electron chi connectivity index (χ2n) is 10.7. The summed E-state index contributed by atoms with van der Waals surface area (Å²) in [5.74, 6) is 1.47. The molecule has 2 saturated heterocycles. The van der Waals surface area contributed by atoms with Crippen molar-refractivity contribution in [3.8, 4) is 5.75 Å². The number of amides is 1. The van der Waals surface area contributed by atoms with Crippen molar-refractivity contribution in [2.24, 2.45) is 11.3 Å². The van der Waals surface area contributed by atoms with E-state index in [9.17, 15) is 4.79 Å². The van der Waals surface area contributed by atoms with Gasteiger partial charge in [-0.2, -0.15) is 0 Å². The second kappa shape index (κ2) is 9.02. The molecule has 1 spiro atoms. The van der Waals surface area contributed by atoms with Crippen LogP contribution in [0.1, 0.15) is 55.5 Å². The minimum Gasteiger partial charge on any atom is -0.493 e. The number of aryl methyl sites for hydroxylation is 1. The molecule has 5 nitrogen and oxygen atoms in total. The first-order chi connectivity index (χ1) is 15.9. The summed E-state index contributed by atoms with van der Waals surface area (Å²) in [7, 11) is 0. The molecule has 3 aliphatic rings. The van der Waals surface area contributed by atoms with Crippen molar-refractivity contribution in [1.29, 1.82) is 0 Å². The molecule has 1 aliphatic carbocycles. The number of nitrogens with zero attached hydrogens (tertiary/aromatic N) is 2. The molecule has 5 rings (SSSR count). The van der Waals surface area contributed by atoms with Crippen LogP contribution in [-0.2, 0) is 0 Å². The molecule has 2 aromatic carbocycles. The van der Waals surface area contributed by atoms with Crippen LogP contribution in [-0.4, -0.2) is 49.6 Å². The summed E-state index contributed by atoms with van der Waals surface area (Å²) in [5, 5.41) is 3.09. The van der Waals surface area contributed by atoms with E-state index in [4.69, 9.17) is 4.74 Å². The molecule has 5 heteroatoms. The molecule has 1 amide bonds. The van der Waals surface area contributed by atoms with Crippen molar-refractivity contribution in [3.05, 3.63) is 53.6 Å². The molecule has 2 heterocycles. The molecule has 0 radical (unpaired) electrons. The van der Waals surface area contributed by atoms with Gasteiger partial charge in [0.05, 0.1) is 6.61 Å². The number of benzene rings is 2. The second-order valence-corrected chi connectivity index (χ2v) is 10.7. The van der Waals surface area contributed by atoms with Gasteiger partial charge in [-0.25, -0.2) is 0 Å². The predicted molar refractivity (Wildman–Crippen MR) is 134 cm³/mol. The molecule has 2 aliphatic heterocycles. The van der Waals surface area contributed by atoms with Crippen molar-refractivity contribution >= 4 is 17.3 Å². The van der Waals surface area contributed by atoms with Crippen molar-refractivity contribution < 1.29 is 9.53 Å². The summed E-state index contributed by atoms with van der Waals surface area (Å²) in [5.41, 5.74) is 4.33. The summed E-state index contributed by atoms with van der Waals surface area (Å²) in [6, 6.07) is 14.5. The Balaban J connectivity index is 1.19. The highest BCUT2D eigenvalue weighted by Gasteiger charge is 2.43. The van der Waals surface area contributed by atoms with E-state index in [0.717, 1.165) is 42.6 Å². The normalized spacial score (nSPS) is 23.0. The van der Waals surface area contributed by atoms with Gasteiger partial charge in [-0.3, -0.25) is 4.79 Å². The third kappa shape index (κ3) is 5.03. The SMILES string of the molecule is Cc1cc(N2CCC3(CCN(C(C)C)C3)C2)ccc1NC(=O)c1ccc(OCC2CC2)cc1. The lowest BCUT2D eigenvalue weighted by molar-refractivity contribution is 0.102. The molecule has 3 fully saturated rings. The molecular formula is C28H37N3O2. The van der Waals surface area contributed by atoms with Gasteiger partial charge < -0.3 is 19.9 Å². The number of carbonyl (C=O) groups is 1. The van der Waals surface area contributed by atoms with Crippen LogP contribution >= 0.6 is 0 Å². The Kier molecular flexibility index (Phi) is 6.09. The van der Waals surface area contributed by atoms with Gasteiger partial charge in [0.2, 0.25) is 0 Å². The highest BCUT2D eigenvalue weighted by atomic mass is 16.5. The molecule has 0 bridgehead atoms. The van der Waals surface area contributed by atoms with Gasteiger partial charge in [-0.1, -0.05) is 0 Å². The van der Waals surface area contributed by atoms with E-state index >= 15 is 0 Å². The third-order valence-corrected chi connectivity index (χ3v) is 7.76. The number of hydrogen-bond acceptors (Lipinski definition) is 4. The molecule has 2 aromatic rings. The Hall–Kier alpha value is -2.53. The van der Waals surface area contributed by atoms with E-state index in [-0.39, 0.29) is 5.91 Å². The smallest absolute Gasteiger partial charge is 0.255 e. The molecule has 1 N–H and O–H groups in total. The average Bonchev–Trinajstić information content (AvgIpc) is 3.41. The molecule has 1 saturated carbocycles. The van der Waals surface area contributed by atoms with Gasteiger partial charge in [-0.05, 0) is 107 Å². The summed E-state index contributed by atoms with van der Waals surface area (Å²) in [6.07, 6.45) is 5.12. The number of carbonyl (C=O) groups excluding carboxylic acids is 1. The zero-order valence-corrected chi connectivity index (χ0v) is 20.3. The van der Waals surface area contributed by atoms with Crippen molar-refractivity contribution in [2.45, 2.75) is 52.5 Å². The number of hydrogen-bond donors (Lipinski definition) is 1. The molecular weight excluding hydrogens is 410 g/mol. The van der Waals surface area contributed by atoms with E-state index in [0.29, 0.717) is 17.0 Å². The maximum absolute atomic E-state index is 12.8. The van der Waals surface area contributed by atoms with Crippen LogP contribution < -0.4 is 15.0 Å². The van der Waals surface area contributed by atoms with Crippen LogP contribution in [0.4, 0.5) is 11.4 Å². The van der Waals surface area contributed by atoms with Gasteiger partial charge in [-0.15, -0.1) is 0 Å². The Morgan fingerprint density at radius 2 is 1.85 bits per heavy atom. The lowest BCUT2D eigenvalue weighted by Crippen LogP contribution is -2.34. The zero-order valence-electron chi connectivity index (χ0n) is 20.3. The molecule has 1 atom stereocenters. The van der Waals surface area contributed by atoms with Crippen LogP contribution in [0.15, 0.2) is 42.5 Å². The van der Waals surface area contributed by atoms with Crippen LogP contribution in [0.2, 0.25) is 0 Å². The molecule has 176 valence electrons. The first-order valence-electron chi connectivity index (χ1n) is 12.5. The lowest BCUT2D eigenvalue weighted by atomic mass is 9.86. The maximum Gasteiger partial charge on any atom is 0.255 e. The molecule has 33 heavy (non-hydrogen) atoms. The first kappa shape index (κ1) is 22.3. The quantitative estimate of drug-likeness (QED) is 0.622. The van der Waals surface area contributed by atoms with Crippen molar-refractivity contribution in [3.63, 3.8) is 0 Å². The monoisotopic (exact) mass is 447 g/mol. The fourth-order valence-corrected chi connectivity index (χ4v) is 5.28. The van der Waals surface area contributed by atoms with Gasteiger partial charge >= 0.3 is 0 Å². The van der Waals surface area contributed by atoms with Crippen LogP contribution in [0, 0.1) is 18.3 Å². The molecule has 1 unspecified atom stereocenters.